The van der Waals surface area contributed by atoms with Gasteiger partial charge in [-0.05, 0) is 68.5 Å². The summed E-state index contributed by atoms with van der Waals surface area (Å²) in [5.41, 5.74) is 4.27. The molecule has 8 aromatic rings. The van der Waals surface area contributed by atoms with Crippen LogP contribution in [0.2, 0.25) is 0 Å². The van der Waals surface area contributed by atoms with Crippen LogP contribution in [-0.4, -0.2) is 9.38 Å². The number of rotatable bonds is 3. The summed E-state index contributed by atoms with van der Waals surface area (Å²) in [6.45, 7) is 0. The first-order valence-corrected chi connectivity index (χ1v) is 15.9. The second-order valence-electron chi connectivity index (χ2n) is 9.98. The molecular formula is C35H23N2PS. The molecule has 1 atom stereocenters. The minimum absolute atomic E-state index is 0.982. The van der Waals surface area contributed by atoms with Gasteiger partial charge in [-0.3, -0.25) is 4.40 Å². The molecule has 2 aromatic heterocycles. The van der Waals surface area contributed by atoms with E-state index in [-0.39, 0.29) is 0 Å². The van der Waals surface area contributed by atoms with Crippen molar-refractivity contribution in [1.82, 2.24) is 9.38 Å². The highest BCUT2D eigenvalue weighted by molar-refractivity contribution is 8.25. The summed E-state index contributed by atoms with van der Waals surface area (Å²) in [5, 5.41) is 9.59. The second kappa shape index (κ2) is 8.61. The van der Waals surface area contributed by atoms with Crippen molar-refractivity contribution in [2.45, 2.75) is 0 Å². The molecule has 39 heavy (non-hydrogen) atoms. The molecule has 4 heteroatoms. The van der Waals surface area contributed by atoms with Crippen LogP contribution in [0.1, 0.15) is 0 Å². The molecule has 184 valence electrons. The molecule has 0 bridgehead atoms. The first kappa shape index (κ1) is 22.7. The maximum absolute atomic E-state index is 6.79. The van der Waals surface area contributed by atoms with E-state index in [0.29, 0.717) is 0 Å². The van der Waals surface area contributed by atoms with Crippen LogP contribution in [-0.2, 0) is 11.8 Å². The Kier molecular flexibility index (Phi) is 5.00. The highest BCUT2D eigenvalue weighted by atomic mass is 32.4. The van der Waals surface area contributed by atoms with Gasteiger partial charge in [0.05, 0.1) is 16.6 Å². The molecule has 2 nitrogen and oxygen atoms in total. The van der Waals surface area contributed by atoms with E-state index in [1.165, 1.54) is 37.5 Å². The Morgan fingerprint density at radius 2 is 1.15 bits per heavy atom. The fourth-order valence-corrected chi connectivity index (χ4v) is 9.68. The van der Waals surface area contributed by atoms with E-state index in [1.807, 2.05) is 0 Å². The Morgan fingerprint density at radius 3 is 2.03 bits per heavy atom. The number of aromatic nitrogens is 2. The maximum Gasteiger partial charge on any atom is 0.146 e. The normalized spacial score (nSPS) is 13.4. The molecule has 6 aromatic carbocycles. The van der Waals surface area contributed by atoms with E-state index < -0.39 is 6.04 Å². The number of hydrogen-bond acceptors (Lipinski definition) is 2. The largest absolute Gasteiger partial charge is 0.292 e. The highest BCUT2D eigenvalue weighted by Crippen LogP contribution is 2.45. The fraction of sp³-hybridized carbons (Fsp3) is 0. The smallest absolute Gasteiger partial charge is 0.146 e. The second-order valence-corrected chi connectivity index (χ2v) is 14.4. The van der Waals surface area contributed by atoms with Crippen molar-refractivity contribution in [2.75, 3.05) is 0 Å². The minimum atomic E-state index is -2.35. The summed E-state index contributed by atoms with van der Waals surface area (Å²) in [6.07, 6.45) is 0. The number of para-hydroxylation sites is 3. The molecular weight excluding hydrogens is 511 g/mol. The van der Waals surface area contributed by atoms with Crippen LogP contribution in [0.25, 0.3) is 49.1 Å². The standard InChI is InChI=1S/C35H23N2PS/c39-38(26-12-2-1-3-13-26,27-19-18-24-10-4-5-11-25(24)22-27)28-20-21-30-31(23-28)29-14-6-8-16-33(29)37-34-17-9-7-15-32(34)36-35(30)37/h1-23H. The van der Waals surface area contributed by atoms with Crippen molar-refractivity contribution in [3.8, 4) is 0 Å². The third-order valence-electron chi connectivity index (χ3n) is 7.82. The zero-order valence-corrected chi connectivity index (χ0v) is 22.7. The van der Waals surface area contributed by atoms with Crippen LogP contribution in [0.15, 0.2) is 140 Å². The maximum atomic E-state index is 6.79. The van der Waals surface area contributed by atoms with Gasteiger partial charge in [0.1, 0.15) is 5.65 Å². The monoisotopic (exact) mass is 534 g/mol. The molecule has 0 spiro atoms. The zero-order chi connectivity index (χ0) is 26.0. The number of fused-ring (bicyclic) bond motifs is 9. The molecule has 0 aliphatic rings. The Morgan fingerprint density at radius 1 is 0.487 bits per heavy atom. The van der Waals surface area contributed by atoms with Gasteiger partial charge in [-0.1, -0.05) is 115 Å². The van der Waals surface area contributed by atoms with Crippen molar-refractivity contribution in [3.05, 3.63) is 140 Å². The minimum Gasteiger partial charge on any atom is -0.292 e. The zero-order valence-electron chi connectivity index (χ0n) is 21.0. The highest BCUT2D eigenvalue weighted by Gasteiger charge is 2.26. The molecule has 0 radical (unpaired) electrons. The van der Waals surface area contributed by atoms with E-state index in [0.717, 1.165) is 27.6 Å². The van der Waals surface area contributed by atoms with Crippen LogP contribution >= 0.6 is 6.04 Å². The van der Waals surface area contributed by atoms with Crippen LogP contribution in [0, 0.1) is 0 Å². The Bertz CT molecular complexity index is 2270. The third-order valence-corrected chi connectivity index (χ3v) is 12.8. The molecule has 8 rings (SSSR count). The Hall–Kier alpha value is -4.30. The Labute approximate surface area is 231 Å². The lowest BCUT2D eigenvalue weighted by Crippen LogP contribution is -2.24. The fourth-order valence-electron chi connectivity index (χ4n) is 5.95. The van der Waals surface area contributed by atoms with Crippen LogP contribution in [0.4, 0.5) is 0 Å². The van der Waals surface area contributed by atoms with Gasteiger partial charge in [-0.25, -0.2) is 4.98 Å². The third kappa shape index (κ3) is 3.34. The van der Waals surface area contributed by atoms with E-state index in [1.54, 1.807) is 0 Å². The predicted molar refractivity (Wildman–Crippen MR) is 171 cm³/mol. The summed E-state index contributed by atoms with van der Waals surface area (Å²) in [5.74, 6) is 0. The first-order chi connectivity index (χ1) is 19.2. The molecule has 0 aliphatic carbocycles. The molecule has 2 heterocycles. The van der Waals surface area contributed by atoms with Gasteiger partial charge in [0.25, 0.3) is 0 Å². The van der Waals surface area contributed by atoms with Gasteiger partial charge >= 0.3 is 0 Å². The van der Waals surface area contributed by atoms with E-state index in [2.05, 4.69) is 144 Å². The molecule has 0 saturated heterocycles. The number of benzene rings is 6. The van der Waals surface area contributed by atoms with Gasteiger partial charge in [-0.15, -0.1) is 0 Å². The van der Waals surface area contributed by atoms with Crippen molar-refractivity contribution in [1.29, 1.82) is 0 Å². The van der Waals surface area contributed by atoms with Gasteiger partial charge in [0.2, 0.25) is 0 Å². The van der Waals surface area contributed by atoms with Crippen LogP contribution < -0.4 is 15.9 Å². The predicted octanol–water partition coefficient (Wildman–Crippen LogP) is 7.70. The van der Waals surface area contributed by atoms with Gasteiger partial charge in [0, 0.05) is 16.8 Å². The number of imidazole rings is 1. The lowest BCUT2D eigenvalue weighted by molar-refractivity contribution is 1.32. The molecule has 0 N–H and O–H groups in total. The average molecular weight is 535 g/mol. The quantitative estimate of drug-likeness (QED) is 0.171. The molecule has 1 unspecified atom stereocenters. The average Bonchev–Trinajstić information content (AvgIpc) is 3.41. The number of nitrogens with zero attached hydrogens (tertiary/aromatic N) is 2. The lowest BCUT2D eigenvalue weighted by Gasteiger charge is -2.25. The lowest BCUT2D eigenvalue weighted by atomic mass is 10.1. The molecule has 0 amide bonds. The summed E-state index contributed by atoms with van der Waals surface area (Å²) < 4.78 is 2.29. The summed E-state index contributed by atoms with van der Waals surface area (Å²) in [4.78, 5) is 5.08. The van der Waals surface area contributed by atoms with Crippen LogP contribution in [0.5, 0.6) is 0 Å². The summed E-state index contributed by atoms with van der Waals surface area (Å²) in [7, 11) is 0. The van der Waals surface area contributed by atoms with Crippen molar-refractivity contribution in [3.63, 3.8) is 0 Å². The van der Waals surface area contributed by atoms with Crippen molar-refractivity contribution < 1.29 is 0 Å². The SMILES string of the molecule is S=P(c1ccccc1)(c1ccc2ccccc2c1)c1ccc2c(c1)c1ccccc1n1c3ccccc3nc21. The van der Waals surface area contributed by atoms with Gasteiger partial charge in [0.15, 0.2) is 0 Å². The van der Waals surface area contributed by atoms with Crippen LogP contribution in [0.3, 0.4) is 0 Å². The molecule has 0 saturated carbocycles. The van der Waals surface area contributed by atoms with Gasteiger partial charge < -0.3 is 0 Å². The molecule has 0 fully saturated rings. The van der Waals surface area contributed by atoms with Crippen molar-refractivity contribution in [2.24, 2.45) is 0 Å². The Balaban J connectivity index is 1.48. The van der Waals surface area contributed by atoms with E-state index >= 15 is 0 Å². The summed E-state index contributed by atoms with van der Waals surface area (Å²) in [6, 6.07) is 47.5. The topological polar surface area (TPSA) is 17.3 Å². The summed E-state index contributed by atoms with van der Waals surface area (Å²) >= 11 is 6.79. The first-order valence-electron chi connectivity index (χ1n) is 13.1. The van der Waals surface area contributed by atoms with E-state index in [4.69, 9.17) is 16.8 Å². The van der Waals surface area contributed by atoms with Crippen molar-refractivity contribution >= 4 is 82.9 Å². The van der Waals surface area contributed by atoms with E-state index in [9.17, 15) is 0 Å². The number of pyridine rings is 1. The van der Waals surface area contributed by atoms with Gasteiger partial charge in [-0.2, -0.15) is 0 Å². The molecule has 0 aliphatic heterocycles. The number of hydrogen-bond donors (Lipinski definition) is 0.